The summed E-state index contributed by atoms with van der Waals surface area (Å²) in [5.41, 5.74) is 4.25. The number of hydrogen-bond acceptors (Lipinski definition) is 3. The van der Waals surface area contributed by atoms with Crippen molar-refractivity contribution in [3.05, 3.63) is 33.9 Å². The molecule has 1 N–H and O–H groups in total. The van der Waals surface area contributed by atoms with E-state index in [2.05, 4.69) is 48.9 Å². The number of fused-ring (bicyclic) bond motifs is 7. The van der Waals surface area contributed by atoms with Gasteiger partial charge in [-0.05, 0) is 30.5 Å². The Kier molecular flexibility index (Phi) is 3.12. The van der Waals surface area contributed by atoms with Crippen molar-refractivity contribution >= 4 is 26.8 Å². The van der Waals surface area contributed by atoms with Crippen molar-refractivity contribution in [2.24, 2.45) is 0 Å². The Hall–Kier alpha value is -0.880. The van der Waals surface area contributed by atoms with Gasteiger partial charge in [0, 0.05) is 40.7 Å². The highest BCUT2D eigenvalue weighted by atomic mass is 79.9. The lowest BCUT2D eigenvalue weighted by molar-refractivity contribution is -0.120. The smallest absolute Gasteiger partial charge is 0.0870 e. The first kappa shape index (κ1) is 13.5. The molecule has 2 saturated heterocycles. The summed E-state index contributed by atoms with van der Waals surface area (Å²) in [7, 11) is 0. The highest BCUT2D eigenvalue weighted by molar-refractivity contribution is 9.10. The van der Waals surface area contributed by atoms with Crippen LogP contribution in [0.15, 0.2) is 22.7 Å². The predicted octanol–water partition coefficient (Wildman–Crippen LogP) is 2.89. The van der Waals surface area contributed by atoms with Crippen LogP contribution in [-0.2, 0) is 11.2 Å². The van der Waals surface area contributed by atoms with Gasteiger partial charge in [-0.25, -0.2) is 0 Å². The fourth-order valence-corrected chi connectivity index (χ4v) is 4.87. The highest BCUT2D eigenvalue weighted by Gasteiger charge is 2.41. The van der Waals surface area contributed by atoms with Crippen molar-refractivity contribution in [3.63, 3.8) is 0 Å². The molecule has 0 unspecified atom stereocenters. The SMILES string of the molecule is Brc1ccc2c3c([nH]c2c1)[C@H]1CCN2CCOC[C@H]2N1CC3. The normalized spacial score (nSPS) is 29.1. The fourth-order valence-electron chi connectivity index (χ4n) is 4.51. The van der Waals surface area contributed by atoms with E-state index >= 15 is 0 Å². The molecule has 2 fully saturated rings. The van der Waals surface area contributed by atoms with Crippen LogP contribution in [0.25, 0.3) is 10.9 Å². The summed E-state index contributed by atoms with van der Waals surface area (Å²) in [6.45, 7) is 5.16. The molecule has 0 radical (unpaired) electrons. The Morgan fingerprint density at radius 2 is 2.18 bits per heavy atom. The maximum atomic E-state index is 5.75. The summed E-state index contributed by atoms with van der Waals surface area (Å²) in [6, 6.07) is 7.14. The Morgan fingerprint density at radius 1 is 1.23 bits per heavy atom. The lowest BCUT2D eigenvalue weighted by atomic mass is 9.92. The number of ether oxygens (including phenoxy) is 1. The van der Waals surface area contributed by atoms with E-state index in [4.69, 9.17) is 4.74 Å². The number of nitrogens with one attached hydrogen (secondary N) is 1. The summed E-state index contributed by atoms with van der Waals surface area (Å²) in [5, 5.41) is 1.40. The van der Waals surface area contributed by atoms with Crippen LogP contribution in [0.5, 0.6) is 0 Å². The fraction of sp³-hybridized carbons (Fsp3) is 0.529. The van der Waals surface area contributed by atoms with Crippen molar-refractivity contribution in [3.8, 4) is 0 Å². The molecule has 3 aliphatic heterocycles. The number of hydrogen-bond donors (Lipinski definition) is 1. The second-order valence-corrected chi connectivity index (χ2v) is 7.51. The molecule has 116 valence electrons. The second kappa shape index (κ2) is 5.06. The Labute approximate surface area is 138 Å². The summed E-state index contributed by atoms with van der Waals surface area (Å²) in [4.78, 5) is 8.98. The number of H-pyrrole nitrogens is 1. The molecular formula is C17H20BrN3O. The van der Waals surface area contributed by atoms with E-state index in [1.807, 2.05) is 0 Å². The van der Waals surface area contributed by atoms with Crippen LogP contribution in [0.3, 0.4) is 0 Å². The van der Waals surface area contributed by atoms with Gasteiger partial charge < -0.3 is 9.72 Å². The van der Waals surface area contributed by atoms with Gasteiger partial charge in [0.1, 0.15) is 0 Å². The van der Waals surface area contributed by atoms with Crippen molar-refractivity contribution in [1.82, 2.24) is 14.8 Å². The third-order valence-corrected chi connectivity index (χ3v) is 6.03. The molecule has 1 aromatic carbocycles. The molecule has 4 nitrogen and oxygen atoms in total. The molecule has 2 atom stereocenters. The molecule has 4 heterocycles. The van der Waals surface area contributed by atoms with Gasteiger partial charge >= 0.3 is 0 Å². The van der Waals surface area contributed by atoms with Gasteiger partial charge in [0.25, 0.3) is 0 Å². The van der Waals surface area contributed by atoms with E-state index in [9.17, 15) is 0 Å². The molecular weight excluding hydrogens is 342 g/mol. The minimum atomic E-state index is 0.471. The molecule has 0 bridgehead atoms. The Morgan fingerprint density at radius 3 is 3.14 bits per heavy atom. The number of benzene rings is 1. The summed E-state index contributed by atoms with van der Waals surface area (Å²) in [5.74, 6) is 0. The quantitative estimate of drug-likeness (QED) is 0.782. The lowest BCUT2D eigenvalue weighted by Crippen LogP contribution is -2.61. The molecule has 5 rings (SSSR count). The van der Waals surface area contributed by atoms with E-state index in [1.54, 1.807) is 0 Å². The summed E-state index contributed by atoms with van der Waals surface area (Å²) in [6.07, 6.45) is 2.83. The van der Waals surface area contributed by atoms with Crippen molar-refractivity contribution in [2.75, 3.05) is 32.8 Å². The molecule has 0 spiro atoms. The van der Waals surface area contributed by atoms with Gasteiger partial charge in [0.15, 0.2) is 0 Å². The third-order valence-electron chi connectivity index (χ3n) is 5.54. The molecule has 5 heteroatoms. The first-order valence-electron chi connectivity index (χ1n) is 8.19. The first-order chi connectivity index (χ1) is 10.8. The maximum absolute atomic E-state index is 5.75. The van der Waals surface area contributed by atoms with Crippen LogP contribution >= 0.6 is 15.9 Å². The maximum Gasteiger partial charge on any atom is 0.0870 e. The Balaban J connectivity index is 1.58. The number of nitrogens with zero attached hydrogens (tertiary/aromatic N) is 2. The van der Waals surface area contributed by atoms with Crippen LogP contribution in [0.4, 0.5) is 0 Å². The lowest BCUT2D eigenvalue weighted by Gasteiger charge is -2.51. The molecule has 3 aliphatic rings. The van der Waals surface area contributed by atoms with E-state index in [-0.39, 0.29) is 0 Å². The zero-order valence-corrected chi connectivity index (χ0v) is 14.1. The second-order valence-electron chi connectivity index (χ2n) is 6.59. The number of halogens is 1. The van der Waals surface area contributed by atoms with Crippen LogP contribution in [0.1, 0.15) is 23.7 Å². The monoisotopic (exact) mass is 361 g/mol. The van der Waals surface area contributed by atoms with Crippen LogP contribution < -0.4 is 0 Å². The van der Waals surface area contributed by atoms with Gasteiger partial charge in [-0.3, -0.25) is 9.80 Å². The van der Waals surface area contributed by atoms with E-state index in [0.717, 1.165) is 37.2 Å². The molecule has 0 amide bonds. The molecule has 0 aliphatic carbocycles. The topological polar surface area (TPSA) is 31.5 Å². The van der Waals surface area contributed by atoms with Crippen molar-refractivity contribution in [2.45, 2.75) is 25.0 Å². The highest BCUT2D eigenvalue weighted by Crippen LogP contribution is 2.41. The van der Waals surface area contributed by atoms with E-state index in [0.29, 0.717) is 12.2 Å². The van der Waals surface area contributed by atoms with Gasteiger partial charge in [0.2, 0.25) is 0 Å². The Bertz CT molecular complexity index is 728. The average Bonchev–Trinajstić information content (AvgIpc) is 2.92. The van der Waals surface area contributed by atoms with Gasteiger partial charge in [-0.2, -0.15) is 0 Å². The van der Waals surface area contributed by atoms with Crippen LogP contribution in [-0.4, -0.2) is 53.8 Å². The standard InChI is InChI=1S/C17H20BrN3O/c18-11-1-2-12-13-3-6-21-15(17(13)19-14(12)9-11)4-5-20-7-8-22-10-16(20)21/h1-2,9,15-16,19H,3-8,10H2/t15-,16-/m1/s1. The zero-order chi connectivity index (χ0) is 14.7. The molecule has 0 saturated carbocycles. The number of morpholine rings is 1. The van der Waals surface area contributed by atoms with E-state index < -0.39 is 0 Å². The average molecular weight is 362 g/mol. The third kappa shape index (κ3) is 1.92. The summed E-state index contributed by atoms with van der Waals surface area (Å²) < 4.78 is 6.90. The van der Waals surface area contributed by atoms with Crippen molar-refractivity contribution in [1.29, 1.82) is 0 Å². The predicted molar refractivity (Wildman–Crippen MR) is 89.9 cm³/mol. The van der Waals surface area contributed by atoms with E-state index in [1.165, 1.54) is 35.1 Å². The molecule has 1 aromatic heterocycles. The van der Waals surface area contributed by atoms with Gasteiger partial charge in [0.05, 0.1) is 25.4 Å². The molecule has 22 heavy (non-hydrogen) atoms. The largest absolute Gasteiger partial charge is 0.377 e. The van der Waals surface area contributed by atoms with Crippen LogP contribution in [0.2, 0.25) is 0 Å². The zero-order valence-electron chi connectivity index (χ0n) is 12.5. The number of aromatic amines is 1. The molecule has 2 aromatic rings. The number of rotatable bonds is 0. The summed E-state index contributed by atoms with van der Waals surface area (Å²) >= 11 is 3.59. The van der Waals surface area contributed by atoms with Crippen LogP contribution in [0, 0.1) is 0 Å². The minimum Gasteiger partial charge on any atom is -0.377 e. The first-order valence-corrected chi connectivity index (χ1v) is 8.98. The number of aromatic nitrogens is 1. The van der Waals surface area contributed by atoms with Gasteiger partial charge in [-0.1, -0.05) is 22.0 Å². The van der Waals surface area contributed by atoms with Crippen molar-refractivity contribution < 1.29 is 4.74 Å². The van der Waals surface area contributed by atoms with Gasteiger partial charge in [-0.15, -0.1) is 0 Å². The minimum absolute atomic E-state index is 0.471.